The Kier molecular flexibility index (Phi) is 5.20. The van der Waals surface area contributed by atoms with Crippen molar-refractivity contribution in [2.45, 2.75) is 6.42 Å². The van der Waals surface area contributed by atoms with E-state index in [0.717, 1.165) is 23.1 Å². The maximum Gasteiger partial charge on any atom is 0.247 e. The van der Waals surface area contributed by atoms with Gasteiger partial charge >= 0.3 is 0 Å². The largest absolute Gasteiger partial charge is 0.420 e. The Labute approximate surface area is 165 Å². The fraction of sp³-hybridized carbons (Fsp3) is 0.250. The molecular formula is C20H19BrN4O2. The summed E-state index contributed by atoms with van der Waals surface area (Å²) in [5.41, 5.74) is 2.03. The molecule has 0 radical (unpaired) electrons. The van der Waals surface area contributed by atoms with Crippen LogP contribution in [-0.2, 0) is 11.2 Å². The maximum absolute atomic E-state index is 12.6. The first-order chi connectivity index (χ1) is 13.2. The zero-order chi connectivity index (χ0) is 18.6. The molecule has 1 aromatic heterocycles. The molecule has 6 nitrogen and oxygen atoms in total. The minimum Gasteiger partial charge on any atom is -0.420 e. The van der Waals surface area contributed by atoms with Crippen molar-refractivity contribution in [1.29, 1.82) is 0 Å². The summed E-state index contributed by atoms with van der Waals surface area (Å²) in [6.45, 7) is 3.04. The summed E-state index contributed by atoms with van der Waals surface area (Å²) in [5.74, 6) is 0.802. The van der Waals surface area contributed by atoms with E-state index in [-0.39, 0.29) is 12.3 Å². The van der Waals surface area contributed by atoms with Gasteiger partial charge in [-0.2, -0.15) is 0 Å². The number of nitrogens with zero attached hydrogens (tertiary/aromatic N) is 4. The Bertz CT molecular complexity index is 903. The van der Waals surface area contributed by atoms with Gasteiger partial charge in [-0.05, 0) is 36.4 Å². The fourth-order valence-corrected chi connectivity index (χ4v) is 3.39. The smallest absolute Gasteiger partial charge is 0.247 e. The van der Waals surface area contributed by atoms with Crippen LogP contribution in [0.15, 0.2) is 63.5 Å². The highest BCUT2D eigenvalue weighted by Gasteiger charge is 2.23. The molecule has 1 amide bonds. The Morgan fingerprint density at radius 3 is 2.37 bits per heavy atom. The van der Waals surface area contributed by atoms with Crippen molar-refractivity contribution in [2.75, 3.05) is 31.1 Å². The molecule has 0 aliphatic carbocycles. The van der Waals surface area contributed by atoms with Crippen LogP contribution in [0.4, 0.5) is 5.69 Å². The lowest BCUT2D eigenvalue weighted by molar-refractivity contribution is -0.131. The third kappa shape index (κ3) is 4.19. The van der Waals surface area contributed by atoms with Crippen molar-refractivity contribution in [3.8, 4) is 11.5 Å². The van der Waals surface area contributed by atoms with Crippen LogP contribution in [0.5, 0.6) is 0 Å². The molecule has 0 bridgehead atoms. The van der Waals surface area contributed by atoms with Gasteiger partial charge in [0.15, 0.2) is 0 Å². The summed E-state index contributed by atoms with van der Waals surface area (Å²) >= 11 is 3.40. The summed E-state index contributed by atoms with van der Waals surface area (Å²) < 4.78 is 6.65. The molecule has 138 valence electrons. The number of aromatic nitrogens is 2. The molecule has 3 aromatic rings. The molecule has 4 rings (SSSR count). The molecule has 1 aliphatic heterocycles. The molecule has 0 atom stereocenters. The highest BCUT2D eigenvalue weighted by molar-refractivity contribution is 9.10. The van der Waals surface area contributed by atoms with Crippen molar-refractivity contribution in [3.05, 3.63) is 65.0 Å². The van der Waals surface area contributed by atoms with Gasteiger partial charge in [-0.1, -0.05) is 34.1 Å². The Balaban J connectivity index is 1.34. The molecular weight excluding hydrogens is 408 g/mol. The second-order valence-corrected chi connectivity index (χ2v) is 7.30. The van der Waals surface area contributed by atoms with E-state index in [2.05, 4.69) is 43.2 Å². The van der Waals surface area contributed by atoms with Gasteiger partial charge in [-0.3, -0.25) is 4.79 Å². The van der Waals surface area contributed by atoms with Crippen LogP contribution in [0.25, 0.3) is 11.5 Å². The van der Waals surface area contributed by atoms with Crippen molar-refractivity contribution in [3.63, 3.8) is 0 Å². The molecule has 7 heteroatoms. The topological polar surface area (TPSA) is 62.5 Å². The average Bonchev–Trinajstić information content (AvgIpc) is 3.18. The SMILES string of the molecule is O=C(Cc1nnc(-c2ccc(Br)cc2)o1)N1CCN(c2ccccc2)CC1. The number of para-hydroxylation sites is 1. The van der Waals surface area contributed by atoms with Gasteiger partial charge < -0.3 is 14.2 Å². The van der Waals surface area contributed by atoms with E-state index in [0.29, 0.717) is 24.9 Å². The molecule has 0 saturated carbocycles. The number of rotatable bonds is 4. The first-order valence-electron chi connectivity index (χ1n) is 8.85. The minimum atomic E-state index is 0.0220. The van der Waals surface area contributed by atoms with E-state index >= 15 is 0 Å². The van der Waals surface area contributed by atoms with Gasteiger partial charge in [0.1, 0.15) is 6.42 Å². The van der Waals surface area contributed by atoms with E-state index < -0.39 is 0 Å². The summed E-state index contributed by atoms with van der Waals surface area (Å²) in [6.07, 6.45) is 0.134. The lowest BCUT2D eigenvalue weighted by Gasteiger charge is -2.36. The number of halogens is 1. The Morgan fingerprint density at radius 1 is 0.963 bits per heavy atom. The number of anilines is 1. The Morgan fingerprint density at radius 2 is 1.67 bits per heavy atom. The van der Waals surface area contributed by atoms with Crippen molar-refractivity contribution >= 4 is 27.5 Å². The second kappa shape index (κ2) is 7.92. The van der Waals surface area contributed by atoms with Gasteiger partial charge in [0, 0.05) is 41.9 Å². The summed E-state index contributed by atoms with van der Waals surface area (Å²) in [5, 5.41) is 8.08. The molecule has 0 N–H and O–H groups in total. The molecule has 1 saturated heterocycles. The molecule has 2 aromatic carbocycles. The number of piperazine rings is 1. The molecule has 27 heavy (non-hydrogen) atoms. The normalized spacial score (nSPS) is 14.4. The molecule has 0 spiro atoms. The van der Waals surface area contributed by atoms with E-state index in [1.807, 2.05) is 47.4 Å². The fourth-order valence-electron chi connectivity index (χ4n) is 3.13. The number of hydrogen-bond donors (Lipinski definition) is 0. The maximum atomic E-state index is 12.6. The highest BCUT2D eigenvalue weighted by Crippen LogP contribution is 2.21. The van der Waals surface area contributed by atoms with E-state index in [1.54, 1.807) is 0 Å². The lowest BCUT2D eigenvalue weighted by Crippen LogP contribution is -2.49. The van der Waals surface area contributed by atoms with E-state index in [9.17, 15) is 4.79 Å². The molecule has 2 heterocycles. The third-order valence-corrected chi connectivity index (χ3v) is 5.14. The van der Waals surface area contributed by atoms with Crippen molar-refractivity contribution in [2.24, 2.45) is 0 Å². The lowest BCUT2D eigenvalue weighted by atomic mass is 10.2. The number of amides is 1. The number of carbonyl (C=O) groups is 1. The van der Waals surface area contributed by atoms with Crippen LogP contribution in [-0.4, -0.2) is 47.2 Å². The standard InChI is InChI=1S/C20H19BrN4O2/c21-16-8-6-15(7-9-16)20-23-22-18(27-20)14-19(26)25-12-10-24(11-13-25)17-4-2-1-3-5-17/h1-9H,10-14H2. The van der Waals surface area contributed by atoms with Crippen LogP contribution in [0.1, 0.15) is 5.89 Å². The third-order valence-electron chi connectivity index (χ3n) is 4.61. The molecule has 0 unspecified atom stereocenters. The van der Waals surface area contributed by atoms with Crippen LogP contribution in [0, 0.1) is 0 Å². The van der Waals surface area contributed by atoms with Gasteiger partial charge in [-0.25, -0.2) is 0 Å². The highest BCUT2D eigenvalue weighted by atomic mass is 79.9. The first kappa shape index (κ1) is 17.7. The van der Waals surface area contributed by atoms with Crippen LogP contribution in [0.2, 0.25) is 0 Å². The van der Waals surface area contributed by atoms with Gasteiger partial charge in [0.2, 0.25) is 17.7 Å². The van der Waals surface area contributed by atoms with Crippen LogP contribution in [0.3, 0.4) is 0 Å². The average molecular weight is 427 g/mol. The summed E-state index contributed by atoms with van der Waals surface area (Å²) in [7, 11) is 0. The van der Waals surface area contributed by atoms with Crippen LogP contribution < -0.4 is 4.90 Å². The molecule has 1 aliphatic rings. The summed E-state index contributed by atoms with van der Waals surface area (Å²) in [6, 6.07) is 17.9. The number of carbonyl (C=O) groups excluding carboxylic acids is 1. The zero-order valence-electron chi connectivity index (χ0n) is 14.7. The van der Waals surface area contributed by atoms with E-state index in [1.165, 1.54) is 5.69 Å². The minimum absolute atomic E-state index is 0.0220. The van der Waals surface area contributed by atoms with Gasteiger partial charge in [0.25, 0.3) is 0 Å². The summed E-state index contributed by atoms with van der Waals surface area (Å²) in [4.78, 5) is 16.7. The van der Waals surface area contributed by atoms with E-state index in [4.69, 9.17) is 4.42 Å². The first-order valence-corrected chi connectivity index (χ1v) is 9.64. The van der Waals surface area contributed by atoms with Crippen molar-refractivity contribution in [1.82, 2.24) is 15.1 Å². The predicted molar refractivity (Wildman–Crippen MR) is 106 cm³/mol. The zero-order valence-corrected chi connectivity index (χ0v) is 16.3. The Hall–Kier alpha value is -2.67. The van der Waals surface area contributed by atoms with Crippen molar-refractivity contribution < 1.29 is 9.21 Å². The van der Waals surface area contributed by atoms with Gasteiger partial charge in [-0.15, -0.1) is 10.2 Å². The van der Waals surface area contributed by atoms with Gasteiger partial charge in [0.05, 0.1) is 0 Å². The second-order valence-electron chi connectivity index (χ2n) is 6.39. The number of hydrogen-bond acceptors (Lipinski definition) is 5. The predicted octanol–water partition coefficient (Wildman–Crippen LogP) is 3.39. The molecule has 1 fully saturated rings. The number of benzene rings is 2. The quantitative estimate of drug-likeness (QED) is 0.639. The van der Waals surface area contributed by atoms with Crippen LogP contribution >= 0.6 is 15.9 Å². The monoisotopic (exact) mass is 426 g/mol.